The molecule has 3 aromatic rings. The molecule has 1 aromatic carbocycles. The zero-order valence-electron chi connectivity index (χ0n) is 13.6. The van der Waals surface area contributed by atoms with Gasteiger partial charge in [-0.25, -0.2) is 9.37 Å². The lowest BCUT2D eigenvalue weighted by atomic mass is 10.3. The highest BCUT2D eigenvalue weighted by atomic mass is 32.2. The van der Waals surface area contributed by atoms with Gasteiger partial charge in [0.15, 0.2) is 0 Å². The fraction of sp³-hybridized carbons (Fsp3) is 0.222. The van der Waals surface area contributed by atoms with Crippen molar-refractivity contribution in [2.75, 3.05) is 12.3 Å². The van der Waals surface area contributed by atoms with Crippen molar-refractivity contribution < 1.29 is 9.18 Å². The van der Waals surface area contributed by atoms with E-state index in [1.807, 2.05) is 6.92 Å². The number of carbonyl (C=O) groups excluding carboxylic acids is 1. The predicted octanol–water partition coefficient (Wildman–Crippen LogP) is 4.77. The van der Waals surface area contributed by atoms with Gasteiger partial charge in [-0.3, -0.25) is 4.79 Å². The van der Waals surface area contributed by atoms with Gasteiger partial charge < -0.3 is 5.32 Å². The number of rotatable bonds is 7. The van der Waals surface area contributed by atoms with E-state index in [0.717, 1.165) is 22.0 Å². The van der Waals surface area contributed by atoms with Crippen LogP contribution >= 0.6 is 34.4 Å². The second-order valence-electron chi connectivity index (χ2n) is 5.34. The van der Waals surface area contributed by atoms with Crippen molar-refractivity contribution in [3.8, 4) is 10.6 Å². The van der Waals surface area contributed by atoms with Gasteiger partial charge in [0.1, 0.15) is 5.82 Å². The number of aryl methyl sites for hydroxylation is 1. The Labute approximate surface area is 158 Å². The Hall–Kier alpha value is -1.70. The van der Waals surface area contributed by atoms with Crippen molar-refractivity contribution >= 4 is 40.3 Å². The Kier molecular flexibility index (Phi) is 6.23. The Morgan fingerprint density at radius 1 is 1.28 bits per heavy atom. The molecule has 130 valence electrons. The molecule has 0 saturated carbocycles. The quantitative estimate of drug-likeness (QED) is 0.589. The van der Waals surface area contributed by atoms with E-state index in [4.69, 9.17) is 0 Å². The van der Waals surface area contributed by atoms with E-state index in [9.17, 15) is 9.18 Å². The highest BCUT2D eigenvalue weighted by Crippen LogP contribution is 2.29. The summed E-state index contributed by atoms with van der Waals surface area (Å²) in [5, 5.41) is 6.01. The van der Waals surface area contributed by atoms with Gasteiger partial charge >= 0.3 is 0 Å². The number of amides is 1. The molecule has 0 unspecified atom stereocenters. The summed E-state index contributed by atoms with van der Waals surface area (Å²) in [5.41, 5.74) is 1.02. The number of thiophene rings is 1. The summed E-state index contributed by atoms with van der Waals surface area (Å²) in [6.45, 7) is 2.57. The van der Waals surface area contributed by atoms with Crippen LogP contribution in [0.3, 0.4) is 0 Å². The molecule has 0 fully saturated rings. The molecule has 0 radical (unpaired) electrons. The molecule has 0 spiro atoms. The van der Waals surface area contributed by atoms with Crippen LogP contribution in [-0.2, 0) is 11.2 Å². The van der Waals surface area contributed by atoms with Gasteiger partial charge in [-0.1, -0.05) is 12.1 Å². The number of hydrogen-bond donors (Lipinski definition) is 1. The minimum atomic E-state index is -0.288. The second-order valence-corrected chi connectivity index (χ2v) is 8.58. The lowest BCUT2D eigenvalue weighted by Crippen LogP contribution is -2.27. The molecular weight excluding hydrogens is 375 g/mol. The Morgan fingerprint density at radius 3 is 2.88 bits per heavy atom. The highest BCUT2D eigenvalue weighted by molar-refractivity contribution is 8.00. The molecule has 7 heteroatoms. The summed E-state index contributed by atoms with van der Waals surface area (Å²) in [5.74, 6) is -0.154. The van der Waals surface area contributed by atoms with Crippen LogP contribution in [0.2, 0.25) is 0 Å². The number of thiazole rings is 1. The van der Waals surface area contributed by atoms with Crippen LogP contribution in [0.15, 0.2) is 46.7 Å². The van der Waals surface area contributed by atoms with E-state index in [-0.39, 0.29) is 17.5 Å². The third-order valence-corrected chi connectivity index (χ3v) is 6.41. The number of halogens is 1. The summed E-state index contributed by atoms with van der Waals surface area (Å²) in [4.78, 5) is 19.2. The highest BCUT2D eigenvalue weighted by Gasteiger charge is 2.08. The number of nitrogens with one attached hydrogen (secondary N) is 1. The van der Waals surface area contributed by atoms with Crippen molar-refractivity contribution in [3.05, 3.63) is 57.5 Å². The zero-order chi connectivity index (χ0) is 17.6. The predicted molar refractivity (Wildman–Crippen MR) is 104 cm³/mol. The molecule has 1 N–H and O–H groups in total. The minimum absolute atomic E-state index is 0.0832. The van der Waals surface area contributed by atoms with E-state index >= 15 is 0 Å². The molecule has 0 atom stereocenters. The number of carbonyl (C=O) groups is 1. The van der Waals surface area contributed by atoms with Gasteiger partial charge in [-0.2, -0.15) is 0 Å². The van der Waals surface area contributed by atoms with Gasteiger partial charge in [0.2, 0.25) is 5.91 Å². The normalized spacial score (nSPS) is 10.8. The zero-order valence-corrected chi connectivity index (χ0v) is 16.1. The van der Waals surface area contributed by atoms with E-state index in [1.165, 1.54) is 22.7 Å². The van der Waals surface area contributed by atoms with Crippen molar-refractivity contribution in [2.24, 2.45) is 0 Å². The summed E-state index contributed by atoms with van der Waals surface area (Å²) in [6, 6.07) is 10.6. The number of aromatic nitrogens is 1. The number of thioether (sulfide) groups is 1. The first-order valence-corrected chi connectivity index (χ1v) is 10.5. The molecule has 2 aromatic heterocycles. The first kappa shape index (κ1) is 18.1. The maximum absolute atomic E-state index is 13.5. The standard InChI is InChI=1S/C18H17FN2OS3/c1-12-21-15(10-23-12)17-7-6-13(25-17)8-9-20-18(22)11-24-16-5-3-2-4-14(16)19/h2-7,10H,8-9,11H2,1H3,(H,20,22). The van der Waals surface area contributed by atoms with E-state index in [0.29, 0.717) is 11.4 Å². The van der Waals surface area contributed by atoms with Crippen LogP contribution in [0.5, 0.6) is 0 Å². The van der Waals surface area contributed by atoms with E-state index < -0.39 is 0 Å². The van der Waals surface area contributed by atoms with Gasteiger partial charge in [-0.05, 0) is 37.6 Å². The van der Waals surface area contributed by atoms with Crippen LogP contribution in [0, 0.1) is 12.7 Å². The molecule has 3 rings (SSSR count). The van der Waals surface area contributed by atoms with Crippen molar-refractivity contribution in [3.63, 3.8) is 0 Å². The minimum Gasteiger partial charge on any atom is -0.355 e. The van der Waals surface area contributed by atoms with Crippen molar-refractivity contribution in [1.82, 2.24) is 10.3 Å². The van der Waals surface area contributed by atoms with Gasteiger partial charge in [0, 0.05) is 21.7 Å². The van der Waals surface area contributed by atoms with Crippen LogP contribution < -0.4 is 5.32 Å². The summed E-state index contributed by atoms with van der Waals surface area (Å²) in [7, 11) is 0. The van der Waals surface area contributed by atoms with Crippen LogP contribution in [0.4, 0.5) is 4.39 Å². The first-order chi connectivity index (χ1) is 12.1. The average molecular weight is 393 g/mol. The van der Waals surface area contributed by atoms with E-state index in [2.05, 4.69) is 27.8 Å². The molecule has 1 amide bonds. The maximum atomic E-state index is 13.5. The lowest BCUT2D eigenvalue weighted by Gasteiger charge is -2.05. The molecule has 0 saturated heterocycles. The largest absolute Gasteiger partial charge is 0.355 e. The molecule has 0 aliphatic rings. The van der Waals surface area contributed by atoms with Crippen molar-refractivity contribution in [1.29, 1.82) is 0 Å². The van der Waals surface area contributed by atoms with Gasteiger partial charge in [0.25, 0.3) is 0 Å². The number of hydrogen-bond acceptors (Lipinski definition) is 5. The van der Waals surface area contributed by atoms with Crippen LogP contribution in [0.25, 0.3) is 10.6 Å². The van der Waals surface area contributed by atoms with Crippen molar-refractivity contribution in [2.45, 2.75) is 18.2 Å². The lowest BCUT2D eigenvalue weighted by molar-refractivity contribution is -0.118. The number of nitrogens with zero attached hydrogens (tertiary/aromatic N) is 1. The summed E-state index contributed by atoms with van der Waals surface area (Å²) >= 11 is 4.56. The molecule has 3 nitrogen and oxygen atoms in total. The summed E-state index contributed by atoms with van der Waals surface area (Å²) < 4.78 is 13.5. The Bertz CT molecular complexity index is 859. The maximum Gasteiger partial charge on any atom is 0.230 e. The van der Waals surface area contributed by atoms with Gasteiger partial charge in [0.05, 0.1) is 21.3 Å². The molecule has 0 aliphatic carbocycles. The molecule has 25 heavy (non-hydrogen) atoms. The average Bonchev–Trinajstić information content (AvgIpc) is 3.23. The first-order valence-electron chi connectivity index (χ1n) is 7.77. The SMILES string of the molecule is Cc1nc(-c2ccc(CCNC(=O)CSc3ccccc3F)s2)cs1. The topological polar surface area (TPSA) is 42.0 Å². The molecule has 0 aliphatic heterocycles. The summed E-state index contributed by atoms with van der Waals surface area (Å²) in [6.07, 6.45) is 0.782. The van der Waals surface area contributed by atoms with Crippen LogP contribution in [-0.4, -0.2) is 23.2 Å². The van der Waals surface area contributed by atoms with Crippen LogP contribution in [0.1, 0.15) is 9.88 Å². The molecule has 2 heterocycles. The smallest absolute Gasteiger partial charge is 0.230 e. The molecular formula is C18H17FN2OS3. The fourth-order valence-electron chi connectivity index (χ4n) is 2.21. The van der Waals surface area contributed by atoms with E-state index in [1.54, 1.807) is 40.9 Å². The Balaban J connectivity index is 1.43. The fourth-order valence-corrected chi connectivity index (χ4v) is 4.63. The Morgan fingerprint density at radius 2 is 2.12 bits per heavy atom. The monoisotopic (exact) mass is 392 g/mol. The van der Waals surface area contributed by atoms with Gasteiger partial charge in [-0.15, -0.1) is 34.4 Å². The molecule has 0 bridgehead atoms. The number of benzene rings is 1. The third-order valence-electron chi connectivity index (χ3n) is 3.42. The second kappa shape index (κ2) is 8.60. The third kappa shape index (κ3) is 5.14.